The number of anilines is 1. The van der Waals surface area contributed by atoms with Gasteiger partial charge in [-0.3, -0.25) is 4.68 Å². The molecular formula is C20H33IN8O. The smallest absolute Gasteiger partial charge is 0.225 e. The van der Waals surface area contributed by atoms with Crippen LogP contribution in [0.15, 0.2) is 23.5 Å². The maximum absolute atomic E-state index is 5.18. The molecule has 2 aromatic heterocycles. The number of rotatable bonds is 7. The molecular weight excluding hydrogens is 495 g/mol. The molecule has 3 heterocycles. The van der Waals surface area contributed by atoms with Crippen molar-refractivity contribution in [1.82, 2.24) is 30.0 Å². The van der Waals surface area contributed by atoms with Gasteiger partial charge < -0.3 is 19.9 Å². The van der Waals surface area contributed by atoms with Gasteiger partial charge in [0.15, 0.2) is 5.96 Å². The Morgan fingerprint density at radius 2 is 1.87 bits per heavy atom. The van der Waals surface area contributed by atoms with E-state index in [0.29, 0.717) is 13.2 Å². The minimum atomic E-state index is 0. The van der Waals surface area contributed by atoms with Crippen molar-refractivity contribution in [2.45, 2.75) is 33.9 Å². The minimum absolute atomic E-state index is 0. The topological polar surface area (TPSA) is 83.7 Å². The Balaban J connectivity index is 0.00000320. The summed E-state index contributed by atoms with van der Waals surface area (Å²) in [6, 6.07) is 1.84. The van der Waals surface area contributed by atoms with E-state index in [2.05, 4.69) is 44.0 Å². The van der Waals surface area contributed by atoms with Crippen molar-refractivity contribution in [2.75, 3.05) is 51.3 Å². The molecule has 1 aliphatic heterocycles. The van der Waals surface area contributed by atoms with Crippen LogP contribution >= 0.6 is 24.0 Å². The fraction of sp³-hybridized carbons (Fsp3) is 0.600. The lowest BCUT2D eigenvalue weighted by atomic mass is 10.2. The molecule has 9 nitrogen and oxygen atoms in total. The van der Waals surface area contributed by atoms with E-state index in [4.69, 9.17) is 9.73 Å². The predicted octanol–water partition coefficient (Wildman–Crippen LogP) is 1.84. The Bertz CT molecular complexity index is 803. The van der Waals surface area contributed by atoms with Gasteiger partial charge in [0.2, 0.25) is 5.95 Å². The van der Waals surface area contributed by atoms with Crippen LogP contribution in [0.25, 0.3) is 0 Å². The van der Waals surface area contributed by atoms with E-state index in [9.17, 15) is 0 Å². The number of aryl methyl sites for hydroxylation is 1. The summed E-state index contributed by atoms with van der Waals surface area (Å²) in [6.45, 7) is 12.6. The van der Waals surface area contributed by atoms with Crippen molar-refractivity contribution in [1.29, 1.82) is 0 Å². The van der Waals surface area contributed by atoms with E-state index in [-0.39, 0.29) is 24.0 Å². The highest BCUT2D eigenvalue weighted by atomic mass is 127. The molecule has 0 aliphatic carbocycles. The molecule has 0 spiro atoms. The third-order valence-electron chi connectivity index (χ3n) is 5.17. The van der Waals surface area contributed by atoms with Gasteiger partial charge in [-0.2, -0.15) is 5.10 Å². The van der Waals surface area contributed by atoms with Gasteiger partial charge >= 0.3 is 0 Å². The Morgan fingerprint density at radius 3 is 2.50 bits per heavy atom. The maximum atomic E-state index is 5.18. The molecule has 166 valence electrons. The molecule has 0 unspecified atom stereocenters. The van der Waals surface area contributed by atoms with Crippen molar-refractivity contribution < 1.29 is 4.74 Å². The molecule has 0 atom stereocenters. The molecule has 10 heteroatoms. The molecule has 3 rings (SSSR count). The number of hydrogen-bond donors (Lipinski definition) is 1. The number of aliphatic imine (C=N–C) groups is 1. The highest BCUT2D eigenvalue weighted by molar-refractivity contribution is 14.0. The average Bonchev–Trinajstić information content (AvgIpc) is 3.03. The van der Waals surface area contributed by atoms with Crippen LogP contribution in [0.5, 0.6) is 0 Å². The zero-order valence-electron chi connectivity index (χ0n) is 18.3. The third-order valence-corrected chi connectivity index (χ3v) is 5.17. The third kappa shape index (κ3) is 6.03. The highest BCUT2D eigenvalue weighted by Gasteiger charge is 2.21. The molecule has 0 bridgehead atoms. The summed E-state index contributed by atoms with van der Waals surface area (Å²) < 4.78 is 7.19. The number of aromatic nitrogens is 4. The number of guanidine groups is 1. The number of piperazine rings is 1. The molecule has 1 N–H and O–H groups in total. The van der Waals surface area contributed by atoms with Crippen LogP contribution in [-0.4, -0.2) is 77.0 Å². The first-order valence-electron chi connectivity index (χ1n) is 10.2. The normalized spacial score (nSPS) is 14.6. The first-order chi connectivity index (χ1) is 14.1. The second kappa shape index (κ2) is 12.0. The number of methoxy groups -OCH3 is 1. The van der Waals surface area contributed by atoms with Crippen LogP contribution in [0, 0.1) is 13.8 Å². The van der Waals surface area contributed by atoms with Gasteiger partial charge in [0, 0.05) is 63.5 Å². The van der Waals surface area contributed by atoms with Crippen LogP contribution in [0.4, 0.5) is 5.95 Å². The molecule has 1 fully saturated rings. The molecule has 0 radical (unpaired) electrons. The zero-order chi connectivity index (χ0) is 20.6. The number of nitrogens with zero attached hydrogens (tertiary/aromatic N) is 7. The monoisotopic (exact) mass is 528 g/mol. The molecule has 2 aromatic rings. The summed E-state index contributed by atoms with van der Waals surface area (Å²) in [6.07, 6.45) is 3.58. The Kier molecular flexibility index (Phi) is 9.76. The lowest BCUT2D eigenvalue weighted by molar-refractivity contribution is 0.182. The molecule has 0 saturated carbocycles. The SMILES string of the molecule is CCNC(=NCc1c(C)nn(CCOC)c1C)N1CCN(c2ncccn2)CC1.I. The van der Waals surface area contributed by atoms with Crippen LogP contribution in [-0.2, 0) is 17.8 Å². The highest BCUT2D eigenvalue weighted by Crippen LogP contribution is 2.15. The number of halogens is 1. The first-order valence-corrected chi connectivity index (χ1v) is 10.2. The predicted molar refractivity (Wildman–Crippen MR) is 130 cm³/mol. The summed E-state index contributed by atoms with van der Waals surface area (Å²) in [5.74, 6) is 1.74. The fourth-order valence-electron chi connectivity index (χ4n) is 3.51. The molecule has 30 heavy (non-hydrogen) atoms. The van der Waals surface area contributed by atoms with Crippen LogP contribution < -0.4 is 10.2 Å². The first kappa shape index (κ1) is 24.3. The van der Waals surface area contributed by atoms with E-state index in [1.54, 1.807) is 19.5 Å². The van der Waals surface area contributed by atoms with E-state index in [1.807, 2.05) is 17.7 Å². The van der Waals surface area contributed by atoms with E-state index in [1.165, 1.54) is 5.56 Å². The summed E-state index contributed by atoms with van der Waals surface area (Å²) in [7, 11) is 1.71. The molecule has 1 aliphatic rings. The largest absolute Gasteiger partial charge is 0.383 e. The Labute approximate surface area is 195 Å². The minimum Gasteiger partial charge on any atom is -0.383 e. The molecule has 1 saturated heterocycles. The van der Waals surface area contributed by atoms with Gasteiger partial charge in [-0.15, -0.1) is 24.0 Å². The van der Waals surface area contributed by atoms with Crippen LogP contribution in [0.2, 0.25) is 0 Å². The summed E-state index contributed by atoms with van der Waals surface area (Å²) in [5, 5.41) is 8.08. The summed E-state index contributed by atoms with van der Waals surface area (Å²) in [5.41, 5.74) is 3.38. The van der Waals surface area contributed by atoms with Gasteiger partial charge in [0.25, 0.3) is 0 Å². The van der Waals surface area contributed by atoms with Crippen LogP contribution in [0.1, 0.15) is 23.9 Å². The van der Waals surface area contributed by atoms with Crippen molar-refractivity contribution in [3.05, 3.63) is 35.4 Å². The number of ether oxygens (including phenoxy) is 1. The fourth-order valence-corrected chi connectivity index (χ4v) is 3.51. The number of hydrogen-bond acceptors (Lipinski definition) is 6. The van der Waals surface area contributed by atoms with Crippen molar-refractivity contribution in [2.24, 2.45) is 4.99 Å². The Hall–Kier alpha value is -1.95. The summed E-state index contributed by atoms with van der Waals surface area (Å²) in [4.78, 5) is 18.2. The molecule has 0 aromatic carbocycles. The van der Waals surface area contributed by atoms with Crippen molar-refractivity contribution in [3.63, 3.8) is 0 Å². The summed E-state index contributed by atoms with van der Waals surface area (Å²) >= 11 is 0. The second-order valence-corrected chi connectivity index (χ2v) is 7.06. The van der Waals surface area contributed by atoms with Gasteiger partial charge in [0.1, 0.15) is 0 Å². The average molecular weight is 528 g/mol. The van der Waals surface area contributed by atoms with Gasteiger partial charge in [0.05, 0.1) is 25.4 Å². The second-order valence-electron chi connectivity index (χ2n) is 7.06. The molecule has 0 amide bonds. The van der Waals surface area contributed by atoms with Crippen LogP contribution in [0.3, 0.4) is 0 Å². The van der Waals surface area contributed by atoms with E-state index >= 15 is 0 Å². The van der Waals surface area contributed by atoms with Crippen molar-refractivity contribution in [3.8, 4) is 0 Å². The van der Waals surface area contributed by atoms with Crippen molar-refractivity contribution >= 4 is 35.9 Å². The standard InChI is InChI=1S/C20H32N8O.HI/c1-5-21-19(24-15-18-16(2)25-28(17(18)3)13-14-29-4)26-9-11-27(12-10-26)20-22-7-6-8-23-20;/h6-8H,5,9-15H2,1-4H3,(H,21,24);1H. The van der Waals surface area contributed by atoms with E-state index in [0.717, 1.165) is 62.6 Å². The lowest BCUT2D eigenvalue weighted by Crippen LogP contribution is -2.53. The lowest BCUT2D eigenvalue weighted by Gasteiger charge is -2.36. The van der Waals surface area contributed by atoms with Gasteiger partial charge in [-0.1, -0.05) is 0 Å². The number of nitrogens with one attached hydrogen (secondary N) is 1. The van der Waals surface area contributed by atoms with Gasteiger partial charge in [-0.05, 0) is 26.8 Å². The Morgan fingerprint density at radius 1 is 1.17 bits per heavy atom. The zero-order valence-corrected chi connectivity index (χ0v) is 20.7. The van der Waals surface area contributed by atoms with E-state index < -0.39 is 0 Å². The van der Waals surface area contributed by atoms with Gasteiger partial charge in [-0.25, -0.2) is 15.0 Å². The maximum Gasteiger partial charge on any atom is 0.225 e. The quantitative estimate of drug-likeness (QED) is 0.334.